The summed E-state index contributed by atoms with van der Waals surface area (Å²) in [7, 11) is 0. The van der Waals surface area contributed by atoms with Crippen LogP contribution in [0.2, 0.25) is 5.02 Å². The Morgan fingerprint density at radius 1 is 1.32 bits per heavy atom. The molecule has 0 unspecified atom stereocenters. The molecule has 0 amide bonds. The SMILES string of the molecule is Cc1nc2c(c(=O)n1Cc1ccc(Cl)cc1)CNC2. The Morgan fingerprint density at radius 3 is 2.79 bits per heavy atom. The fourth-order valence-corrected chi connectivity index (χ4v) is 2.47. The fourth-order valence-electron chi connectivity index (χ4n) is 2.34. The number of halogens is 1. The van der Waals surface area contributed by atoms with Crippen LogP contribution in [0, 0.1) is 6.92 Å². The lowest BCUT2D eigenvalue weighted by atomic mass is 10.2. The summed E-state index contributed by atoms with van der Waals surface area (Å²) in [6.07, 6.45) is 0. The number of rotatable bonds is 2. The number of aryl methyl sites for hydroxylation is 1. The highest BCUT2D eigenvalue weighted by Crippen LogP contribution is 2.13. The van der Waals surface area contributed by atoms with Crippen molar-refractivity contribution < 1.29 is 0 Å². The van der Waals surface area contributed by atoms with E-state index in [2.05, 4.69) is 10.3 Å². The van der Waals surface area contributed by atoms with Gasteiger partial charge in [0.2, 0.25) is 0 Å². The molecule has 19 heavy (non-hydrogen) atoms. The molecule has 0 fully saturated rings. The van der Waals surface area contributed by atoms with Gasteiger partial charge in [-0.3, -0.25) is 9.36 Å². The zero-order valence-corrected chi connectivity index (χ0v) is 11.4. The van der Waals surface area contributed by atoms with E-state index in [-0.39, 0.29) is 5.56 Å². The van der Waals surface area contributed by atoms with Crippen molar-refractivity contribution in [3.8, 4) is 0 Å². The number of nitrogens with zero attached hydrogens (tertiary/aromatic N) is 2. The molecule has 0 atom stereocenters. The first-order chi connectivity index (χ1) is 9.15. The first kappa shape index (κ1) is 12.4. The Balaban J connectivity index is 2.02. The summed E-state index contributed by atoms with van der Waals surface area (Å²) in [5.74, 6) is 0.752. The van der Waals surface area contributed by atoms with Gasteiger partial charge in [0.15, 0.2) is 0 Å². The van der Waals surface area contributed by atoms with Crippen LogP contribution in [0.4, 0.5) is 0 Å². The second-order valence-corrected chi connectivity index (χ2v) is 5.14. The van der Waals surface area contributed by atoms with Crippen molar-refractivity contribution in [3.05, 3.63) is 62.3 Å². The normalized spacial score (nSPS) is 13.6. The van der Waals surface area contributed by atoms with Crippen LogP contribution in [0.5, 0.6) is 0 Å². The maximum Gasteiger partial charge on any atom is 0.258 e. The zero-order valence-electron chi connectivity index (χ0n) is 10.6. The van der Waals surface area contributed by atoms with E-state index >= 15 is 0 Å². The van der Waals surface area contributed by atoms with Crippen molar-refractivity contribution in [2.24, 2.45) is 0 Å². The summed E-state index contributed by atoms with van der Waals surface area (Å²) in [5.41, 5.74) is 2.78. The van der Waals surface area contributed by atoms with E-state index in [0.29, 0.717) is 24.7 Å². The number of nitrogens with one attached hydrogen (secondary N) is 1. The topological polar surface area (TPSA) is 46.9 Å². The molecule has 1 N–H and O–H groups in total. The molecule has 2 heterocycles. The molecule has 3 rings (SSSR count). The van der Waals surface area contributed by atoms with Crippen molar-refractivity contribution in [1.29, 1.82) is 0 Å². The molecule has 0 saturated carbocycles. The van der Waals surface area contributed by atoms with Gasteiger partial charge < -0.3 is 5.32 Å². The Kier molecular flexibility index (Phi) is 3.12. The summed E-state index contributed by atoms with van der Waals surface area (Å²) >= 11 is 5.86. The zero-order chi connectivity index (χ0) is 13.4. The monoisotopic (exact) mass is 275 g/mol. The van der Waals surface area contributed by atoms with Gasteiger partial charge in [0.05, 0.1) is 17.8 Å². The van der Waals surface area contributed by atoms with Gasteiger partial charge in [0, 0.05) is 18.1 Å². The van der Waals surface area contributed by atoms with Gasteiger partial charge in [0.1, 0.15) is 5.82 Å². The van der Waals surface area contributed by atoms with Crippen LogP contribution in [0.25, 0.3) is 0 Å². The van der Waals surface area contributed by atoms with E-state index in [1.807, 2.05) is 31.2 Å². The predicted molar refractivity (Wildman–Crippen MR) is 74.3 cm³/mol. The highest BCUT2D eigenvalue weighted by atomic mass is 35.5. The van der Waals surface area contributed by atoms with Crippen molar-refractivity contribution in [2.75, 3.05) is 0 Å². The predicted octanol–water partition coefficient (Wildman–Crippen LogP) is 1.86. The number of hydrogen-bond donors (Lipinski definition) is 1. The molecule has 1 aromatic heterocycles. The molecule has 0 spiro atoms. The summed E-state index contributed by atoms with van der Waals surface area (Å²) < 4.78 is 1.72. The van der Waals surface area contributed by atoms with Gasteiger partial charge in [-0.2, -0.15) is 0 Å². The van der Waals surface area contributed by atoms with Gasteiger partial charge >= 0.3 is 0 Å². The van der Waals surface area contributed by atoms with Crippen molar-refractivity contribution in [1.82, 2.24) is 14.9 Å². The van der Waals surface area contributed by atoms with Crippen LogP contribution in [0.15, 0.2) is 29.1 Å². The fraction of sp³-hybridized carbons (Fsp3) is 0.286. The van der Waals surface area contributed by atoms with E-state index < -0.39 is 0 Å². The molecular formula is C14H14ClN3O. The second-order valence-electron chi connectivity index (χ2n) is 4.71. The highest BCUT2D eigenvalue weighted by Gasteiger charge is 2.18. The van der Waals surface area contributed by atoms with Gasteiger partial charge in [-0.1, -0.05) is 23.7 Å². The molecule has 5 heteroatoms. The van der Waals surface area contributed by atoms with E-state index in [1.165, 1.54) is 0 Å². The lowest BCUT2D eigenvalue weighted by Crippen LogP contribution is -2.28. The summed E-state index contributed by atoms with van der Waals surface area (Å²) in [4.78, 5) is 16.9. The summed E-state index contributed by atoms with van der Waals surface area (Å²) in [5, 5.41) is 3.86. The molecule has 1 aromatic carbocycles. The molecule has 0 saturated heterocycles. The van der Waals surface area contributed by atoms with E-state index in [0.717, 1.165) is 22.6 Å². The maximum atomic E-state index is 12.4. The van der Waals surface area contributed by atoms with Crippen LogP contribution in [-0.4, -0.2) is 9.55 Å². The quantitative estimate of drug-likeness (QED) is 0.910. The summed E-state index contributed by atoms with van der Waals surface area (Å²) in [6.45, 7) is 3.70. The molecule has 2 aromatic rings. The van der Waals surface area contributed by atoms with Gasteiger partial charge in [-0.15, -0.1) is 0 Å². The lowest BCUT2D eigenvalue weighted by Gasteiger charge is -2.11. The van der Waals surface area contributed by atoms with Crippen LogP contribution in [-0.2, 0) is 19.6 Å². The van der Waals surface area contributed by atoms with Crippen molar-refractivity contribution >= 4 is 11.6 Å². The third kappa shape index (κ3) is 2.29. The molecule has 0 bridgehead atoms. The van der Waals surface area contributed by atoms with Crippen LogP contribution < -0.4 is 10.9 Å². The Hall–Kier alpha value is -1.65. The van der Waals surface area contributed by atoms with Gasteiger partial charge in [-0.05, 0) is 24.6 Å². The highest BCUT2D eigenvalue weighted by molar-refractivity contribution is 6.30. The van der Waals surface area contributed by atoms with Crippen LogP contribution in [0.1, 0.15) is 22.6 Å². The largest absolute Gasteiger partial charge is 0.307 e. The van der Waals surface area contributed by atoms with E-state index in [9.17, 15) is 4.79 Å². The number of fused-ring (bicyclic) bond motifs is 1. The van der Waals surface area contributed by atoms with Gasteiger partial charge in [-0.25, -0.2) is 4.98 Å². The number of benzene rings is 1. The lowest BCUT2D eigenvalue weighted by molar-refractivity contribution is 0.686. The minimum atomic E-state index is 0.0578. The van der Waals surface area contributed by atoms with Gasteiger partial charge in [0.25, 0.3) is 5.56 Å². The molecule has 0 aliphatic carbocycles. The minimum absolute atomic E-state index is 0.0578. The smallest absolute Gasteiger partial charge is 0.258 e. The van der Waals surface area contributed by atoms with Crippen molar-refractivity contribution in [2.45, 2.75) is 26.6 Å². The molecule has 4 nitrogen and oxygen atoms in total. The maximum absolute atomic E-state index is 12.4. The molecule has 0 radical (unpaired) electrons. The third-order valence-corrected chi connectivity index (χ3v) is 3.64. The average molecular weight is 276 g/mol. The van der Waals surface area contributed by atoms with Crippen LogP contribution in [0.3, 0.4) is 0 Å². The Bertz CT molecular complexity index is 676. The third-order valence-electron chi connectivity index (χ3n) is 3.39. The molecular weight excluding hydrogens is 262 g/mol. The average Bonchev–Trinajstić information content (AvgIpc) is 2.85. The van der Waals surface area contributed by atoms with E-state index in [4.69, 9.17) is 11.6 Å². The summed E-state index contributed by atoms with van der Waals surface area (Å²) in [6, 6.07) is 7.53. The van der Waals surface area contributed by atoms with Crippen LogP contribution >= 0.6 is 11.6 Å². The van der Waals surface area contributed by atoms with E-state index in [1.54, 1.807) is 4.57 Å². The molecule has 1 aliphatic rings. The standard InChI is InChI=1S/C14H14ClN3O/c1-9-17-13-7-16-6-12(13)14(19)18(9)8-10-2-4-11(15)5-3-10/h2-5,16H,6-8H2,1H3. The minimum Gasteiger partial charge on any atom is -0.307 e. The first-order valence-corrected chi connectivity index (χ1v) is 6.57. The Labute approximate surface area is 116 Å². The first-order valence-electron chi connectivity index (χ1n) is 6.19. The van der Waals surface area contributed by atoms with Crippen molar-refractivity contribution in [3.63, 3.8) is 0 Å². The number of hydrogen-bond acceptors (Lipinski definition) is 3. The molecule has 98 valence electrons. The second kappa shape index (κ2) is 4.79. The molecule has 1 aliphatic heterocycles. The Morgan fingerprint density at radius 2 is 2.05 bits per heavy atom. The number of aromatic nitrogens is 2.